The quantitative estimate of drug-likeness (QED) is 0.866. The first kappa shape index (κ1) is 18.7. The van der Waals surface area contributed by atoms with Crippen LogP contribution in [-0.4, -0.2) is 30.6 Å². The van der Waals surface area contributed by atoms with E-state index in [1.54, 1.807) is 17.0 Å². The normalized spacial score (nSPS) is 28.1. The van der Waals surface area contributed by atoms with E-state index in [1.165, 1.54) is 18.6 Å². The Morgan fingerprint density at radius 1 is 1.15 bits per heavy atom. The number of carbonyl (C=O) groups excluding carboxylic acids is 2. The number of rotatable bonds is 3. The molecule has 1 aromatic rings. The molecule has 26 heavy (non-hydrogen) atoms. The third kappa shape index (κ3) is 4.54. The lowest BCUT2D eigenvalue weighted by molar-refractivity contribution is -0.117. The fraction of sp³-hybridized carbons (Fsp3) is 0.600. The first-order valence-electron chi connectivity index (χ1n) is 9.35. The van der Waals surface area contributed by atoms with Crippen molar-refractivity contribution in [2.75, 3.05) is 11.4 Å². The molecule has 3 amide bonds. The standard InChI is InChI=1S/C20H28FN3O2/c1-13-8-15(11-20(2,3)10-13)22-19(26)23-16-9-18(25)24(12-16)17-6-4-14(21)5-7-17/h4-7,13,15-16H,8-12H2,1-3H3,(H2,22,23,26)/t13-,15-,16-/m1/s1. The minimum atomic E-state index is -0.334. The van der Waals surface area contributed by atoms with Crippen LogP contribution in [0, 0.1) is 17.2 Å². The van der Waals surface area contributed by atoms with Gasteiger partial charge in [0.2, 0.25) is 5.91 Å². The number of halogens is 1. The van der Waals surface area contributed by atoms with Gasteiger partial charge < -0.3 is 15.5 Å². The lowest BCUT2D eigenvalue weighted by Gasteiger charge is -2.39. The topological polar surface area (TPSA) is 61.4 Å². The first-order chi connectivity index (χ1) is 12.2. The number of benzene rings is 1. The summed E-state index contributed by atoms with van der Waals surface area (Å²) < 4.78 is 13.1. The Bertz CT molecular complexity index is 674. The van der Waals surface area contributed by atoms with Crippen LogP contribution in [0.3, 0.4) is 0 Å². The number of nitrogens with one attached hydrogen (secondary N) is 2. The lowest BCUT2D eigenvalue weighted by atomic mass is 9.71. The molecule has 1 saturated heterocycles. The van der Waals surface area contributed by atoms with Gasteiger partial charge >= 0.3 is 6.03 Å². The second-order valence-corrected chi connectivity index (χ2v) is 8.61. The van der Waals surface area contributed by atoms with E-state index >= 15 is 0 Å². The molecule has 5 nitrogen and oxygen atoms in total. The zero-order valence-electron chi connectivity index (χ0n) is 15.7. The number of hydrogen-bond acceptors (Lipinski definition) is 2. The highest BCUT2D eigenvalue weighted by atomic mass is 19.1. The molecule has 142 valence electrons. The van der Waals surface area contributed by atoms with Gasteiger partial charge in [-0.25, -0.2) is 9.18 Å². The molecule has 0 radical (unpaired) electrons. The van der Waals surface area contributed by atoms with Gasteiger partial charge in [0.05, 0.1) is 6.04 Å². The van der Waals surface area contributed by atoms with Crippen LogP contribution in [0.15, 0.2) is 24.3 Å². The number of anilines is 1. The molecule has 0 bridgehead atoms. The summed E-state index contributed by atoms with van der Waals surface area (Å²) in [6.07, 6.45) is 3.39. The van der Waals surface area contributed by atoms with Crippen LogP contribution in [-0.2, 0) is 4.79 Å². The van der Waals surface area contributed by atoms with Crippen molar-refractivity contribution in [3.63, 3.8) is 0 Å². The van der Waals surface area contributed by atoms with Gasteiger partial charge in [0.15, 0.2) is 0 Å². The van der Waals surface area contributed by atoms with Crippen molar-refractivity contribution in [3.05, 3.63) is 30.1 Å². The summed E-state index contributed by atoms with van der Waals surface area (Å²) >= 11 is 0. The Morgan fingerprint density at radius 3 is 2.46 bits per heavy atom. The Kier molecular flexibility index (Phi) is 5.21. The molecule has 0 spiro atoms. The molecule has 1 aliphatic carbocycles. The van der Waals surface area contributed by atoms with Gasteiger partial charge in [0, 0.05) is 24.7 Å². The van der Waals surface area contributed by atoms with E-state index in [0.717, 1.165) is 12.8 Å². The third-order valence-corrected chi connectivity index (χ3v) is 5.32. The predicted octanol–water partition coefficient (Wildman–Crippen LogP) is 3.45. The van der Waals surface area contributed by atoms with Crippen LogP contribution in [0.4, 0.5) is 14.9 Å². The molecule has 3 atom stereocenters. The molecular formula is C20H28FN3O2. The summed E-state index contributed by atoms with van der Waals surface area (Å²) in [4.78, 5) is 26.2. The van der Waals surface area contributed by atoms with Gasteiger partial charge in [-0.2, -0.15) is 0 Å². The molecule has 1 aliphatic heterocycles. The Morgan fingerprint density at radius 2 is 1.81 bits per heavy atom. The second-order valence-electron chi connectivity index (χ2n) is 8.61. The first-order valence-corrected chi connectivity index (χ1v) is 9.35. The van der Waals surface area contributed by atoms with Crippen molar-refractivity contribution in [1.29, 1.82) is 0 Å². The Balaban J connectivity index is 1.54. The summed E-state index contributed by atoms with van der Waals surface area (Å²) in [5.41, 5.74) is 0.891. The Labute approximate surface area is 154 Å². The van der Waals surface area contributed by atoms with Gasteiger partial charge in [0.25, 0.3) is 0 Å². The average Bonchev–Trinajstić information content (AvgIpc) is 2.86. The smallest absolute Gasteiger partial charge is 0.315 e. The minimum absolute atomic E-state index is 0.0608. The van der Waals surface area contributed by atoms with Crippen molar-refractivity contribution in [2.45, 2.75) is 58.5 Å². The van der Waals surface area contributed by atoms with Crippen LogP contribution in [0.5, 0.6) is 0 Å². The van der Waals surface area contributed by atoms with Crippen molar-refractivity contribution in [2.24, 2.45) is 11.3 Å². The van der Waals surface area contributed by atoms with Gasteiger partial charge in [-0.15, -0.1) is 0 Å². The zero-order chi connectivity index (χ0) is 18.9. The van der Waals surface area contributed by atoms with Gasteiger partial charge in [0.1, 0.15) is 5.82 Å². The van der Waals surface area contributed by atoms with E-state index in [2.05, 4.69) is 31.4 Å². The second kappa shape index (κ2) is 7.25. The largest absolute Gasteiger partial charge is 0.335 e. The highest BCUT2D eigenvalue weighted by Gasteiger charge is 2.34. The Hall–Kier alpha value is -2.11. The van der Waals surface area contributed by atoms with E-state index in [0.29, 0.717) is 18.2 Å². The van der Waals surface area contributed by atoms with E-state index in [1.807, 2.05) is 0 Å². The highest BCUT2D eigenvalue weighted by molar-refractivity contribution is 5.96. The van der Waals surface area contributed by atoms with E-state index in [-0.39, 0.29) is 41.7 Å². The SMILES string of the molecule is C[C@@H]1C[C@@H](NC(=O)N[C@@H]2CC(=O)N(c3ccc(F)cc3)C2)CC(C)(C)C1. The fourth-order valence-electron chi connectivity index (χ4n) is 4.54. The molecule has 1 heterocycles. The number of amides is 3. The van der Waals surface area contributed by atoms with Crippen LogP contribution in [0.2, 0.25) is 0 Å². The van der Waals surface area contributed by atoms with Gasteiger partial charge in [-0.05, 0) is 54.9 Å². The molecule has 1 aromatic carbocycles. The monoisotopic (exact) mass is 361 g/mol. The van der Waals surface area contributed by atoms with Crippen LogP contribution < -0.4 is 15.5 Å². The molecular weight excluding hydrogens is 333 g/mol. The summed E-state index contributed by atoms with van der Waals surface area (Å²) in [6, 6.07) is 5.56. The van der Waals surface area contributed by atoms with Gasteiger partial charge in [-0.1, -0.05) is 20.8 Å². The number of hydrogen-bond donors (Lipinski definition) is 2. The molecule has 2 aliphatic rings. The number of urea groups is 1. The molecule has 6 heteroatoms. The third-order valence-electron chi connectivity index (χ3n) is 5.32. The maximum absolute atomic E-state index is 13.1. The van der Waals surface area contributed by atoms with Crippen LogP contribution in [0.25, 0.3) is 0 Å². The van der Waals surface area contributed by atoms with Crippen molar-refractivity contribution in [3.8, 4) is 0 Å². The number of carbonyl (C=O) groups is 2. The molecule has 3 rings (SSSR count). The fourth-order valence-corrected chi connectivity index (χ4v) is 4.54. The highest BCUT2D eigenvalue weighted by Crippen LogP contribution is 2.38. The summed E-state index contributed by atoms with van der Waals surface area (Å²) in [5, 5.41) is 6.00. The predicted molar refractivity (Wildman–Crippen MR) is 99.4 cm³/mol. The lowest BCUT2D eigenvalue weighted by Crippen LogP contribution is -2.50. The summed E-state index contributed by atoms with van der Waals surface area (Å²) in [6.45, 7) is 7.12. The maximum atomic E-state index is 13.1. The molecule has 2 fully saturated rings. The van der Waals surface area contributed by atoms with Crippen LogP contribution in [0.1, 0.15) is 46.5 Å². The minimum Gasteiger partial charge on any atom is -0.335 e. The van der Waals surface area contributed by atoms with Crippen molar-refractivity contribution < 1.29 is 14.0 Å². The van der Waals surface area contributed by atoms with E-state index in [9.17, 15) is 14.0 Å². The zero-order valence-corrected chi connectivity index (χ0v) is 15.7. The number of nitrogens with zero attached hydrogens (tertiary/aromatic N) is 1. The summed E-state index contributed by atoms with van der Waals surface area (Å²) in [5.74, 6) is 0.194. The van der Waals surface area contributed by atoms with E-state index in [4.69, 9.17) is 0 Å². The van der Waals surface area contributed by atoms with Crippen molar-refractivity contribution >= 4 is 17.6 Å². The average molecular weight is 361 g/mol. The van der Waals surface area contributed by atoms with E-state index < -0.39 is 0 Å². The molecule has 1 saturated carbocycles. The van der Waals surface area contributed by atoms with Crippen molar-refractivity contribution in [1.82, 2.24) is 10.6 Å². The van der Waals surface area contributed by atoms with Crippen LogP contribution >= 0.6 is 0 Å². The molecule has 0 aromatic heterocycles. The molecule has 0 unspecified atom stereocenters. The maximum Gasteiger partial charge on any atom is 0.315 e. The summed E-state index contributed by atoms with van der Waals surface area (Å²) in [7, 11) is 0. The molecule has 2 N–H and O–H groups in total. The van der Waals surface area contributed by atoms with Gasteiger partial charge in [-0.3, -0.25) is 4.79 Å².